The van der Waals surface area contributed by atoms with Crippen molar-refractivity contribution in [3.63, 3.8) is 0 Å². The lowest BCUT2D eigenvalue weighted by atomic mass is 10.2. The van der Waals surface area contributed by atoms with Crippen LogP contribution in [0.4, 0.5) is 0 Å². The van der Waals surface area contributed by atoms with E-state index in [1.807, 2.05) is 12.1 Å². The van der Waals surface area contributed by atoms with Gasteiger partial charge in [0.15, 0.2) is 0 Å². The molecule has 7 heteroatoms. The van der Waals surface area contributed by atoms with Gasteiger partial charge < -0.3 is 9.47 Å². The van der Waals surface area contributed by atoms with E-state index in [0.29, 0.717) is 30.9 Å². The van der Waals surface area contributed by atoms with Gasteiger partial charge in [-0.2, -0.15) is 0 Å². The molecule has 0 saturated carbocycles. The van der Waals surface area contributed by atoms with Gasteiger partial charge in [0, 0.05) is 15.1 Å². The van der Waals surface area contributed by atoms with E-state index in [1.54, 1.807) is 31.4 Å². The lowest BCUT2D eigenvalue weighted by Gasteiger charge is -2.05. The molecule has 0 saturated heterocycles. The summed E-state index contributed by atoms with van der Waals surface area (Å²) in [6.07, 6.45) is 0. The molecule has 1 aromatic heterocycles. The van der Waals surface area contributed by atoms with E-state index < -0.39 is 5.97 Å². The Morgan fingerprint density at radius 2 is 1.96 bits per heavy atom. The number of ether oxygens (including phenoxy) is 2. The summed E-state index contributed by atoms with van der Waals surface area (Å²) in [5.41, 5.74) is 0. The highest BCUT2D eigenvalue weighted by molar-refractivity contribution is 9.10. The van der Waals surface area contributed by atoms with E-state index in [0.717, 1.165) is 10.1 Å². The average molecular weight is 432 g/mol. The van der Waals surface area contributed by atoms with Gasteiger partial charge in [-0.3, -0.25) is 0 Å². The van der Waals surface area contributed by atoms with Crippen LogP contribution in [0.3, 0.4) is 0 Å². The lowest BCUT2D eigenvalue weighted by molar-refractivity contribution is 0.0739. The van der Waals surface area contributed by atoms with Crippen molar-refractivity contribution in [2.24, 2.45) is 0 Å². The van der Waals surface area contributed by atoms with E-state index in [9.17, 15) is 4.79 Å². The molecule has 1 heterocycles. The summed E-state index contributed by atoms with van der Waals surface area (Å²) in [5, 5.41) is 1.71. The SMILES string of the molecule is COc1ccc2c(Cl)c(C(=O)Oc3ccc(Cl)cc3Br)sc2c1. The maximum atomic E-state index is 12.4. The molecule has 3 aromatic rings. The molecule has 2 aromatic carbocycles. The van der Waals surface area contributed by atoms with Crippen LogP contribution in [0, 0.1) is 0 Å². The summed E-state index contributed by atoms with van der Waals surface area (Å²) in [4.78, 5) is 12.8. The van der Waals surface area contributed by atoms with Crippen LogP contribution in [0.2, 0.25) is 10.0 Å². The molecule has 0 fully saturated rings. The summed E-state index contributed by atoms with van der Waals surface area (Å²) in [6, 6.07) is 10.4. The van der Waals surface area contributed by atoms with Gasteiger partial charge in [0.05, 0.1) is 16.6 Å². The van der Waals surface area contributed by atoms with E-state index in [1.165, 1.54) is 11.3 Å². The molecule has 0 unspecified atom stereocenters. The molecule has 3 nitrogen and oxygen atoms in total. The third-order valence-corrected chi connectivity index (χ3v) is 5.61. The quantitative estimate of drug-likeness (QED) is 0.366. The van der Waals surface area contributed by atoms with Gasteiger partial charge >= 0.3 is 5.97 Å². The molecular weight excluding hydrogens is 423 g/mol. The highest BCUT2D eigenvalue weighted by Gasteiger charge is 2.20. The molecule has 0 atom stereocenters. The standard InChI is InChI=1S/C16H9BrCl2O3S/c1-21-9-3-4-10-13(7-9)23-15(14(10)19)16(20)22-12-5-2-8(18)6-11(12)17/h2-7H,1H3. The number of methoxy groups -OCH3 is 1. The second kappa shape index (κ2) is 6.69. The molecule has 0 aliphatic heterocycles. The Kier molecular flexibility index (Phi) is 4.82. The highest BCUT2D eigenvalue weighted by Crippen LogP contribution is 2.38. The van der Waals surface area contributed by atoms with Crippen molar-refractivity contribution >= 4 is 66.5 Å². The predicted octanol–water partition coefficient (Wildman–Crippen LogP) is 6.20. The number of rotatable bonds is 3. The fraction of sp³-hybridized carbons (Fsp3) is 0.0625. The molecule has 0 bridgehead atoms. The van der Waals surface area contributed by atoms with Gasteiger partial charge in [-0.25, -0.2) is 4.79 Å². The number of carbonyl (C=O) groups excluding carboxylic acids is 1. The molecule has 118 valence electrons. The molecule has 3 rings (SSSR count). The van der Waals surface area contributed by atoms with Crippen molar-refractivity contribution in [2.75, 3.05) is 7.11 Å². The summed E-state index contributed by atoms with van der Waals surface area (Å²) in [7, 11) is 1.59. The Morgan fingerprint density at radius 1 is 1.17 bits per heavy atom. The Labute approximate surface area is 154 Å². The number of hydrogen-bond donors (Lipinski definition) is 0. The van der Waals surface area contributed by atoms with E-state index in [-0.39, 0.29) is 0 Å². The largest absolute Gasteiger partial charge is 0.497 e. The number of benzene rings is 2. The second-order valence-corrected chi connectivity index (χ2v) is 7.29. The normalized spacial score (nSPS) is 10.8. The number of esters is 1. The summed E-state index contributed by atoms with van der Waals surface area (Å²) >= 11 is 16.8. The minimum Gasteiger partial charge on any atom is -0.497 e. The van der Waals surface area contributed by atoms with Crippen LogP contribution in [-0.4, -0.2) is 13.1 Å². The third-order valence-electron chi connectivity index (χ3n) is 3.12. The first-order chi connectivity index (χ1) is 11.0. The zero-order valence-electron chi connectivity index (χ0n) is 11.7. The molecule has 0 spiro atoms. The average Bonchev–Trinajstić information content (AvgIpc) is 2.86. The molecular formula is C16H9BrCl2O3S. The van der Waals surface area contributed by atoms with Gasteiger partial charge in [-0.05, 0) is 52.3 Å². The maximum Gasteiger partial charge on any atom is 0.355 e. The maximum absolute atomic E-state index is 12.4. The zero-order valence-corrected chi connectivity index (χ0v) is 15.6. The van der Waals surface area contributed by atoms with Crippen LogP contribution in [0.25, 0.3) is 10.1 Å². The Hall–Kier alpha value is -1.27. The first-order valence-corrected chi connectivity index (χ1v) is 8.79. The van der Waals surface area contributed by atoms with E-state index in [2.05, 4.69) is 15.9 Å². The smallest absolute Gasteiger partial charge is 0.355 e. The number of fused-ring (bicyclic) bond motifs is 1. The van der Waals surface area contributed by atoms with E-state index >= 15 is 0 Å². The van der Waals surface area contributed by atoms with Crippen LogP contribution in [-0.2, 0) is 0 Å². The molecule has 0 N–H and O–H groups in total. The van der Waals surface area contributed by atoms with Crippen LogP contribution in [0.15, 0.2) is 40.9 Å². The number of halogens is 3. The Morgan fingerprint density at radius 3 is 2.65 bits per heavy atom. The Balaban J connectivity index is 1.95. The van der Waals surface area contributed by atoms with Gasteiger partial charge in [0.1, 0.15) is 16.4 Å². The number of thiophene rings is 1. The second-order valence-electron chi connectivity index (χ2n) is 4.57. The summed E-state index contributed by atoms with van der Waals surface area (Å²) in [6.45, 7) is 0. The first-order valence-electron chi connectivity index (χ1n) is 6.43. The monoisotopic (exact) mass is 430 g/mol. The number of hydrogen-bond acceptors (Lipinski definition) is 4. The minimum absolute atomic E-state index is 0.344. The van der Waals surface area contributed by atoms with Crippen molar-refractivity contribution in [3.05, 3.63) is 55.8 Å². The van der Waals surface area contributed by atoms with Gasteiger partial charge in [0.25, 0.3) is 0 Å². The van der Waals surface area contributed by atoms with Gasteiger partial charge in [-0.1, -0.05) is 23.2 Å². The lowest BCUT2D eigenvalue weighted by Crippen LogP contribution is -2.07. The van der Waals surface area contributed by atoms with Crippen LogP contribution >= 0.6 is 50.5 Å². The van der Waals surface area contributed by atoms with E-state index in [4.69, 9.17) is 32.7 Å². The molecule has 0 radical (unpaired) electrons. The highest BCUT2D eigenvalue weighted by atomic mass is 79.9. The topological polar surface area (TPSA) is 35.5 Å². The third kappa shape index (κ3) is 3.33. The van der Waals surface area contributed by atoms with Gasteiger partial charge in [0.2, 0.25) is 0 Å². The Bertz CT molecular complexity index is 908. The van der Waals surface area contributed by atoms with Crippen molar-refractivity contribution in [2.45, 2.75) is 0 Å². The van der Waals surface area contributed by atoms with Crippen LogP contribution in [0.5, 0.6) is 11.5 Å². The zero-order chi connectivity index (χ0) is 16.6. The fourth-order valence-electron chi connectivity index (χ4n) is 2.01. The van der Waals surface area contributed by atoms with Crippen molar-refractivity contribution in [1.82, 2.24) is 0 Å². The summed E-state index contributed by atoms with van der Waals surface area (Å²) in [5.74, 6) is 0.569. The van der Waals surface area contributed by atoms with Gasteiger partial charge in [-0.15, -0.1) is 11.3 Å². The van der Waals surface area contributed by atoms with Crippen molar-refractivity contribution < 1.29 is 14.3 Å². The molecule has 0 aliphatic rings. The fourth-order valence-corrected chi connectivity index (χ4v) is 4.18. The number of carbonyl (C=O) groups is 1. The summed E-state index contributed by atoms with van der Waals surface area (Å²) < 4.78 is 12.0. The predicted molar refractivity (Wildman–Crippen MR) is 97.5 cm³/mol. The molecule has 0 amide bonds. The first kappa shape index (κ1) is 16.6. The van der Waals surface area contributed by atoms with Crippen molar-refractivity contribution in [1.29, 1.82) is 0 Å². The molecule has 0 aliphatic carbocycles. The molecule has 23 heavy (non-hydrogen) atoms. The van der Waals surface area contributed by atoms with Crippen LogP contribution in [0.1, 0.15) is 9.67 Å². The van der Waals surface area contributed by atoms with Crippen molar-refractivity contribution in [3.8, 4) is 11.5 Å². The van der Waals surface area contributed by atoms with Crippen LogP contribution < -0.4 is 9.47 Å². The minimum atomic E-state index is -0.516.